The van der Waals surface area contributed by atoms with Gasteiger partial charge in [0.05, 0.1) is 43.0 Å². The van der Waals surface area contributed by atoms with Gasteiger partial charge < -0.3 is 20.1 Å². The highest BCUT2D eigenvalue weighted by Gasteiger charge is 2.52. The van der Waals surface area contributed by atoms with Crippen molar-refractivity contribution in [1.82, 2.24) is 15.1 Å². The van der Waals surface area contributed by atoms with Crippen LogP contribution in [0.15, 0.2) is 0 Å². The number of nitrogens with one attached hydrogen (secondary N) is 1. The fraction of sp³-hybridized carbons (Fsp3) is 0.913. The lowest BCUT2D eigenvalue weighted by molar-refractivity contribution is -0.169. The zero-order valence-electron chi connectivity index (χ0n) is 19.1. The summed E-state index contributed by atoms with van der Waals surface area (Å²) < 4.78 is 10.8. The van der Waals surface area contributed by atoms with E-state index in [4.69, 9.17) is 15.2 Å². The molecule has 0 aromatic heterocycles. The van der Waals surface area contributed by atoms with Gasteiger partial charge in [-0.3, -0.25) is 19.8 Å². The van der Waals surface area contributed by atoms with Crippen LogP contribution in [-0.4, -0.2) is 73.1 Å². The maximum absolute atomic E-state index is 13.4. The Morgan fingerprint density at radius 1 is 1.19 bits per heavy atom. The maximum Gasteiger partial charge on any atom is 0.311 e. The van der Waals surface area contributed by atoms with Crippen LogP contribution >= 0.6 is 0 Å². The zero-order chi connectivity index (χ0) is 22.0. The number of methoxy groups -OCH3 is 1. The zero-order valence-corrected chi connectivity index (χ0v) is 19.1. The molecule has 3 N–H and O–H groups in total. The quantitative estimate of drug-likeness (QED) is 0.611. The molecule has 8 heteroatoms. The first-order chi connectivity index (χ1) is 15.0. The summed E-state index contributed by atoms with van der Waals surface area (Å²) in [5.74, 6) is -0.149. The van der Waals surface area contributed by atoms with Crippen molar-refractivity contribution >= 4 is 11.9 Å². The van der Waals surface area contributed by atoms with Gasteiger partial charge in [-0.1, -0.05) is 0 Å². The van der Waals surface area contributed by atoms with Gasteiger partial charge in [0.1, 0.15) is 0 Å². The van der Waals surface area contributed by atoms with Gasteiger partial charge in [0.15, 0.2) is 0 Å². The molecule has 5 atom stereocenters. The molecule has 3 saturated heterocycles. The number of hydrogen-bond donors (Lipinski definition) is 2. The van der Waals surface area contributed by atoms with Crippen LogP contribution < -0.4 is 11.1 Å². The van der Waals surface area contributed by atoms with E-state index < -0.39 is 12.1 Å². The van der Waals surface area contributed by atoms with E-state index in [1.165, 1.54) is 12.8 Å². The number of rotatable bonds is 6. The van der Waals surface area contributed by atoms with Crippen molar-refractivity contribution in [3.05, 3.63) is 0 Å². The van der Waals surface area contributed by atoms with Crippen LogP contribution in [0.2, 0.25) is 0 Å². The van der Waals surface area contributed by atoms with Crippen molar-refractivity contribution in [2.75, 3.05) is 26.8 Å². The van der Waals surface area contributed by atoms with Crippen molar-refractivity contribution < 1.29 is 19.1 Å². The lowest BCUT2D eigenvalue weighted by Crippen LogP contribution is -2.74. The SMILES string of the molecule is CCOC(=O)C1CC2C(=O)N3CCCCC3NC2N(CCC2CCC(OC)CC2)C1N. The summed E-state index contributed by atoms with van der Waals surface area (Å²) in [4.78, 5) is 30.3. The Balaban J connectivity index is 1.49. The van der Waals surface area contributed by atoms with E-state index in [-0.39, 0.29) is 30.1 Å². The molecule has 4 aliphatic rings. The Bertz CT molecular complexity index is 639. The van der Waals surface area contributed by atoms with E-state index in [1.54, 1.807) is 7.11 Å². The largest absolute Gasteiger partial charge is 0.466 e. The molecule has 0 aromatic rings. The lowest BCUT2D eigenvalue weighted by atomic mass is 9.80. The van der Waals surface area contributed by atoms with Gasteiger partial charge in [0.25, 0.3) is 0 Å². The molecule has 0 aromatic carbocycles. The molecule has 1 aliphatic carbocycles. The van der Waals surface area contributed by atoms with Crippen LogP contribution in [0.3, 0.4) is 0 Å². The van der Waals surface area contributed by atoms with Crippen molar-refractivity contribution in [2.24, 2.45) is 23.5 Å². The number of carbonyl (C=O) groups is 2. The molecule has 8 nitrogen and oxygen atoms in total. The molecular formula is C23H40N4O4. The Labute approximate surface area is 186 Å². The van der Waals surface area contributed by atoms with Gasteiger partial charge in [-0.25, -0.2) is 0 Å². The second-order valence-electron chi connectivity index (χ2n) is 9.75. The summed E-state index contributed by atoms with van der Waals surface area (Å²) in [5, 5.41) is 3.74. The van der Waals surface area contributed by atoms with Gasteiger partial charge in [-0.2, -0.15) is 0 Å². The predicted molar refractivity (Wildman–Crippen MR) is 117 cm³/mol. The molecule has 3 aliphatic heterocycles. The Morgan fingerprint density at radius 3 is 2.68 bits per heavy atom. The van der Waals surface area contributed by atoms with E-state index in [1.807, 2.05) is 11.8 Å². The molecule has 0 radical (unpaired) electrons. The molecule has 0 spiro atoms. The fourth-order valence-electron chi connectivity index (χ4n) is 6.18. The van der Waals surface area contributed by atoms with Gasteiger partial charge in [-0.15, -0.1) is 0 Å². The van der Waals surface area contributed by atoms with Gasteiger partial charge >= 0.3 is 5.97 Å². The summed E-state index contributed by atoms with van der Waals surface area (Å²) >= 11 is 0. The summed E-state index contributed by atoms with van der Waals surface area (Å²) in [6.45, 7) is 3.75. The number of likely N-dealkylation sites (tertiary alicyclic amines) is 1. The van der Waals surface area contributed by atoms with E-state index in [9.17, 15) is 9.59 Å². The highest BCUT2D eigenvalue weighted by Crippen LogP contribution is 2.37. The number of nitrogens with two attached hydrogens (primary N) is 1. The number of esters is 1. The molecule has 1 amide bonds. The van der Waals surface area contributed by atoms with Crippen molar-refractivity contribution in [3.63, 3.8) is 0 Å². The van der Waals surface area contributed by atoms with E-state index in [0.717, 1.165) is 51.6 Å². The molecule has 176 valence electrons. The van der Waals surface area contributed by atoms with Crippen LogP contribution in [0.25, 0.3) is 0 Å². The average Bonchev–Trinajstić information content (AvgIpc) is 2.79. The summed E-state index contributed by atoms with van der Waals surface area (Å²) in [6.07, 6.45) is 9.19. The number of fused-ring (bicyclic) bond motifs is 2. The normalized spacial score (nSPS) is 39.0. The molecule has 5 unspecified atom stereocenters. The predicted octanol–water partition coefficient (Wildman–Crippen LogP) is 1.64. The highest BCUT2D eigenvalue weighted by molar-refractivity contribution is 5.82. The standard InChI is InChI=1S/C23H40N4O4/c1-3-31-23(29)17-14-18-21(25-19-6-4-5-12-26(19)22(18)28)27(20(17)24)13-11-15-7-9-16(30-2)10-8-15/h15-21,25H,3-14,24H2,1-2H3. The number of amides is 1. The number of nitrogens with zero attached hydrogens (tertiary/aromatic N) is 2. The van der Waals surface area contributed by atoms with Crippen molar-refractivity contribution in [3.8, 4) is 0 Å². The maximum atomic E-state index is 13.4. The van der Waals surface area contributed by atoms with Crippen LogP contribution in [0.5, 0.6) is 0 Å². The smallest absolute Gasteiger partial charge is 0.311 e. The molecule has 4 rings (SSSR count). The summed E-state index contributed by atoms with van der Waals surface area (Å²) in [6, 6.07) is 0. The minimum absolute atomic E-state index is 0.0912. The Hall–Kier alpha value is -1.22. The molecule has 0 bridgehead atoms. The van der Waals surface area contributed by atoms with E-state index in [2.05, 4.69) is 10.2 Å². The third-order valence-electron chi connectivity index (χ3n) is 8.02. The second kappa shape index (κ2) is 10.1. The van der Waals surface area contributed by atoms with Crippen LogP contribution in [0, 0.1) is 17.8 Å². The first-order valence-electron chi connectivity index (χ1n) is 12.3. The van der Waals surface area contributed by atoms with Crippen LogP contribution in [-0.2, 0) is 19.1 Å². The monoisotopic (exact) mass is 436 g/mol. The van der Waals surface area contributed by atoms with Crippen molar-refractivity contribution in [2.45, 2.75) is 89.3 Å². The van der Waals surface area contributed by atoms with Gasteiger partial charge in [0, 0.05) is 20.2 Å². The Kier molecular flexibility index (Phi) is 7.52. The van der Waals surface area contributed by atoms with Gasteiger partial charge in [-0.05, 0) is 70.6 Å². The van der Waals surface area contributed by atoms with Crippen molar-refractivity contribution in [1.29, 1.82) is 0 Å². The minimum atomic E-state index is -0.461. The molecule has 1 saturated carbocycles. The summed E-state index contributed by atoms with van der Waals surface area (Å²) in [7, 11) is 1.80. The third-order valence-corrected chi connectivity index (χ3v) is 8.02. The van der Waals surface area contributed by atoms with Crippen LogP contribution in [0.1, 0.15) is 64.7 Å². The summed E-state index contributed by atoms with van der Waals surface area (Å²) in [5.41, 5.74) is 6.67. The van der Waals surface area contributed by atoms with Crippen LogP contribution in [0.4, 0.5) is 0 Å². The number of ether oxygens (including phenoxy) is 2. The Morgan fingerprint density at radius 2 is 1.97 bits per heavy atom. The average molecular weight is 437 g/mol. The molecular weight excluding hydrogens is 396 g/mol. The lowest BCUT2D eigenvalue weighted by Gasteiger charge is -2.55. The highest BCUT2D eigenvalue weighted by atomic mass is 16.5. The topological polar surface area (TPSA) is 97.1 Å². The molecule has 3 heterocycles. The number of carbonyl (C=O) groups excluding carboxylic acids is 2. The third kappa shape index (κ3) is 4.77. The van der Waals surface area contributed by atoms with E-state index >= 15 is 0 Å². The molecule has 31 heavy (non-hydrogen) atoms. The molecule has 4 fully saturated rings. The minimum Gasteiger partial charge on any atom is -0.466 e. The first kappa shape index (κ1) is 23.0. The number of hydrogen-bond acceptors (Lipinski definition) is 7. The second-order valence-corrected chi connectivity index (χ2v) is 9.75. The number of piperidine rings is 2. The van der Waals surface area contributed by atoms with E-state index in [0.29, 0.717) is 25.0 Å². The first-order valence-corrected chi connectivity index (χ1v) is 12.3. The van der Waals surface area contributed by atoms with Gasteiger partial charge in [0.2, 0.25) is 5.91 Å². The fourth-order valence-corrected chi connectivity index (χ4v) is 6.18.